The number of carbonyl (C=O) groups is 1. The summed E-state index contributed by atoms with van der Waals surface area (Å²) < 4.78 is 1.04. The second-order valence-electron chi connectivity index (χ2n) is 8.18. The van der Waals surface area contributed by atoms with E-state index in [1.54, 1.807) is 11.3 Å². The molecular weight excluding hydrogens is 468 g/mol. The van der Waals surface area contributed by atoms with E-state index in [4.69, 9.17) is 4.99 Å². The standard InChI is InChI=1S/C26H27BrN2OS/c1-17-9-10-18(2)22(15-17)29-25(30)24-21-7-5-3-4-6-8-23(21)31-26(24)28-16-19-11-13-20(27)14-12-19/h9-16H,3-8H2,1-2H3,(H,29,30). The summed E-state index contributed by atoms with van der Waals surface area (Å²) in [6.45, 7) is 4.07. The number of amides is 1. The van der Waals surface area contributed by atoms with Crippen LogP contribution >= 0.6 is 27.3 Å². The van der Waals surface area contributed by atoms with Gasteiger partial charge >= 0.3 is 0 Å². The maximum Gasteiger partial charge on any atom is 0.259 e. The Hall–Kier alpha value is -2.24. The van der Waals surface area contributed by atoms with E-state index in [0.29, 0.717) is 0 Å². The molecular formula is C26H27BrN2OS. The van der Waals surface area contributed by atoms with Crippen LogP contribution in [-0.2, 0) is 12.8 Å². The van der Waals surface area contributed by atoms with Gasteiger partial charge in [0.05, 0.1) is 5.56 Å². The second kappa shape index (κ2) is 9.92. The maximum atomic E-state index is 13.5. The van der Waals surface area contributed by atoms with Gasteiger partial charge in [-0.15, -0.1) is 11.3 Å². The number of anilines is 1. The predicted molar refractivity (Wildman–Crippen MR) is 135 cm³/mol. The van der Waals surface area contributed by atoms with Crippen LogP contribution in [0.4, 0.5) is 10.7 Å². The molecule has 3 nitrogen and oxygen atoms in total. The topological polar surface area (TPSA) is 41.5 Å². The molecule has 1 aliphatic rings. The zero-order chi connectivity index (χ0) is 21.8. The molecule has 5 heteroatoms. The van der Waals surface area contributed by atoms with Gasteiger partial charge in [-0.25, -0.2) is 4.99 Å². The third kappa shape index (κ3) is 5.34. The van der Waals surface area contributed by atoms with Gasteiger partial charge in [0.15, 0.2) is 0 Å². The van der Waals surface area contributed by atoms with Crippen molar-refractivity contribution in [3.8, 4) is 0 Å². The maximum absolute atomic E-state index is 13.5. The molecule has 3 aromatic rings. The van der Waals surface area contributed by atoms with Gasteiger partial charge in [0.1, 0.15) is 5.00 Å². The van der Waals surface area contributed by atoms with Gasteiger partial charge in [0.2, 0.25) is 0 Å². The van der Waals surface area contributed by atoms with Crippen molar-refractivity contribution in [2.24, 2.45) is 4.99 Å². The number of benzene rings is 2. The van der Waals surface area contributed by atoms with Crippen LogP contribution in [0.1, 0.15) is 63.2 Å². The number of carbonyl (C=O) groups excluding carboxylic acids is 1. The molecule has 0 aliphatic heterocycles. The lowest BCUT2D eigenvalue weighted by atomic mass is 9.96. The Morgan fingerprint density at radius 2 is 1.77 bits per heavy atom. The van der Waals surface area contributed by atoms with Crippen LogP contribution in [-0.4, -0.2) is 12.1 Å². The van der Waals surface area contributed by atoms with Crippen molar-refractivity contribution in [1.82, 2.24) is 0 Å². The Kier molecular flexibility index (Phi) is 7.03. The minimum atomic E-state index is -0.0465. The summed E-state index contributed by atoms with van der Waals surface area (Å²) in [6, 6.07) is 14.2. The smallest absolute Gasteiger partial charge is 0.259 e. The summed E-state index contributed by atoms with van der Waals surface area (Å²) in [5.41, 5.74) is 6.06. The van der Waals surface area contributed by atoms with Crippen LogP contribution < -0.4 is 5.32 Å². The molecule has 4 rings (SSSR count). The Labute approximate surface area is 196 Å². The largest absolute Gasteiger partial charge is 0.322 e. The van der Waals surface area contributed by atoms with Crippen LogP contribution in [0, 0.1) is 13.8 Å². The monoisotopic (exact) mass is 494 g/mol. The molecule has 0 unspecified atom stereocenters. The SMILES string of the molecule is Cc1ccc(C)c(NC(=O)c2c(N=Cc3ccc(Br)cc3)sc3c2CCCCCC3)c1. The quantitative estimate of drug-likeness (QED) is 0.369. The average Bonchev–Trinajstić information content (AvgIpc) is 3.06. The number of nitrogens with zero attached hydrogens (tertiary/aromatic N) is 1. The first kappa shape index (κ1) is 22.0. The fourth-order valence-electron chi connectivity index (χ4n) is 3.97. The van der Waals surface area contributed by atoms with Crippen LogP contribution in [0.2, 0.25) is 0 Å². The van der Waals surface area contributed by atoms with Gasteiger partial charge in [0.25, 0.3) is 5.91 Å². The van der Waals surface area contributed by atoms with Crippen LogP contribution in [0.15, 0.2) is 51.9 Å². The van der Waals surface area contributed by atoms with E-state index in [9.17, 15) is 4.79 Å². The van der Waals surface area contributed by atoms with Crippen molar-refractivity contribution in [2.75, 3.05) is 5.32 Å². The number of hydrogen-bond donors (Lipinski definition) is 1. The minimum absolute atomic E-state index is 0.0465. The number of aryl methyl sites for hydroxylation is 3. The number of nitrogens with one attached hydrogen (secondary N) is 1. The molecule has 0 atom stereocenters. The molecule has 1 aliphatic carbocycles. The Balaban J connectivity index is 1.72. The van der Waals surface area contributed by atoms with Crippen molar-refractivity contribution in [3.05, 3.63) is 79.6 Å². The molecule has 0 saturated heterocycles. The lowest BCUT2D eigenvalue weighted by Gasteiger charge is -2.13. The summed E-state index contributed by atoms with van der Waals surface area (Å²) in [5.74, 6) is -0.0465. The fourth-order valence-corrected chi connectivity index (χ4v) is 5.46. The number of thiophene rings is 1. The predicted octanol–water partition coefficient (Wildman–Crippen LogP) is 7.79. The lowest BCUT2D eigenvalue weighted by Crippen LogP contribution is -2.15. The molecule has 1 N–H and O–H groups in total. The third-order valence-corrected chi connectivity index (χ3v) is 7.45. The van der Waals surface area contributed by atoms with Gasteiger partial charge in [-0.2, -0.15) is 0 Å². The summed E-state index contributed by atoms with van der Waals surface area (Å²) in [6.07, 6.45) is 8.65. The summed E-state index contributed by atoms with van der Waals surface area (Å²) in [7, 11) is 0. The van der Waals surface area contributed by atoms with Gasteiger partial charge in [-0.3, -0.25) is 4.79 Å². The van der Waals surface area contributed by atoms with Crippen molar-refractivity contribution in [1.29, 1.82) is 0 Å². The van der Waals surface area contributed by atoms with Gasteiger partial charge in [-0.05, 0) is 80.0 Å². The number of fused-ring (bicyclic) bond motifs is 1. The highest BCUT2D eigenvalue weighted by molar-refractivity contribution is 9.10. The molecule has 31 heavy (non-hydrogen) atoms. The number of aliphatic imine (C=N–C) groups is 1. The highest BCUT2D eigenvalue weighted by Crippen LogP contribution is 2.39. The van der Waals surface area contributed by atoms with E-state index >= 15 is 0 Å². The minimum Gasteiger partial charge on any atom is -0.322 e. The molecule has 2 aromatic carbocycles. The normalized spacial score (nSPS) is 14.2. The molecule has 0 saturated carbocycles. The Bertz CT molecular complexity index is 1120. The van der Waals surface area contributed by atoms with Crippen molar-refractivity contribution in [2.45, 2.75) is 52.4 Å². The van der Waals surface area contributed by atoms with E-state index < -0.39 is 0 Å². The molecule has 160 valence electrons. The molecule has 1 aromatic heterocycles. The van der Waals surface area contributed by atoms with Crippen molar-refractivity contribution in [3.63, 3.8) is 0 Å². The lowest BCUT2D eigenvalue weighted by molar-refractivity contribution is 0.102. The summed E-state index contributed by atoms with van der Waals surface area (Å²) in [4.78, 5) is 19.6. The highest BCUT2D eigenvalue weighted by atomic mass is 79.9. The molecule has 0 radical (unpaired) electrons. The van der Waals surface area contributed by atoms with Gasteiger partial charge < -0.3 is 5.32 Å². The van der Waals surface area contributed by atoms with Crippen LogP contribution in [0.25, 0.3) is 0 Å². The number of halogens is 1. The second-order valence-corrected chi connectivity index (χ2v) is 10.2. The molecule has 0 bridgehead atoms. The number of rotatable bonds is 4. The molecule has 0 fully saturated rings. The first-order chi connectivity index (χ1) is 15.0. The van der Waals surface area contributed by atoms with E-state index in [1.807, 2.05) is 50.4 Å². The zero-order valence-electron chi connectivity index (χ0n) is 18.0. The van der Waals surface area contributed by atoms with Gasteiger partial charge in [-0.1, -0.05) is 53.0 Å². The molecule has 1 amide bonds. The molecule has 1 heterocycles. The van der Waals surface area contributed by atoms with E-state index in [0.717, 1.165) is 56.7 Å². The first-order valence-electron chi connectivity index (χ1n) is 10.8. The Morgan fingerprint density at radius 3 is 2.55 bits per heavy atom. The summed E-state index contributed by atoms with van der Waals surface area (Å²) in [5, 5.41) is 3.99. The van der Waals surface area contributed by atoms with E-state index in [1.165, 1.54) is 29.7 Å². The van der Waals surface area contributed by atoms with Crippen LogP contribution in [0.3, 0.4) is 0 Å². The van der Waals surface area contributed by atoms with Gasteiger partial charge in [0, 0.05) is 21.3 Å². The van der Waals surface area contributed by atoms with Crippen molar-refractivity contribution < 1.29 is 4.79 Å². The molecule has 0 spiro atoms. The van der Waals surface area contributed by atoms with E-state index in [2.05, 4.69) is 33.4 Å². The van der Waals surface area contributed by atoms with Crippen molar-refractivity contribution >= 4 is 50.1 Å². The van der Waals surface area contributed by atoms with E-state index in [-0.39, 0.29) is 5.91 Å². The zero-order valence-corrected chi connectivity index (χ0v) is 20.4. The third-order valence-electron chi connectivity index (χ3n) is 5.72. The summed E-state index contributed by atoms with van der Waals surface area (Å²) >= 11 is 5.16. The average molecular weight is 495 g/mol. The highest BCUT2D eigenvalue weighted by Gasteiger charge is 2.24. The Morgan fingerprint density at radius 1 is 1.03 bits per heavy atom. The first-order valence-corrected chi connectivity index (χ1v) is 12.4. The number of hydrogen-bond acceptors (Lipinski definition) is 3. The fraction of sp³-hybridized carbons (Fsp3) is 0.308. The van der Waals surface area contributed by atoms with Crippen LogP contribution in [0.5, 0.6) is 0 Å².